The number of amides is 2. The lowest BCUT2D eigenvalue weighted by atomic mass is 10.1. The molecular formula is C25H23N3O4S. The molecule has 1 saturated heterocycles. The lowest BCUT2D eigenvalue weighted by molar-refractivity contribution is -0.128. The summed E-state index contributed by atoms with van der Waals surface area (Å²) in [7, 11) is 3.16. The first kappa shape index (κ1) is 22.3. The Kier molecular flexibility index (Phi) is 6.02. The number of hydrogen-bond donors (Lipinski definition) is 1. The molecule has 7 nitrogen and oxygen atoms in total. The first-order chi connectivity index (χ1) is 15.8. The van der Waals surface area contributed by atoms with E-state index in [-0.39, 0.29) is 10.7 Å². The Morgan fingerprint density at radius 3 is 2.12 bits per heavy atom. The molecule has 8 heteroatoms. The van der Waals surface area contributed by atoms with Crippen molar-refractivity contribution in [3.05, 3.63) is 77.1 Å². The normalized spacial score (nSPS) is 15.1. The Balaban J connectivity index is 1.59. The lowest BCUT2D eigenvalue weighted by Gasteiger charge is -2.25. The summed E-state index contributed by atoms with van der Waals surface area (Å²) in [5.41, 5.74) is 3.64. The van der Waals surface area contributed by atoms with Crippen LogP contribution in [0.15, 0.2) is 60.2 Å². The van der Waals surface area contributed by atoms with Crippen LogP contribution < -0.4 is 14.8 Å². The molecule has 2 aromatic carbocycles. The molecule has 4 rings (SSSR count). The zero-order chi connectivity index (χ0) is 23.7. The largest absolute Gasteiger partial charge is 0.497 e. The molecule has 3 aromatic rings. The van der Waals surface area contributed by atoms with Gasteiger partial charge in [-0.25, -0.2) is 0 Å². The second-order valence-corrected chi connectivity index (χ2v) is 8.00. The van der Waals surface area contributed by atoms with E-state index in [4.69, 9.17) is 21.7 Å². The smallest absolute Gasteiger partial charge is 0.265 e. The summed E-state index contributed by atoms with van der Waals surface area (Å²) >= 11 is 5.00. The quantitative estimate of drug-likeness (QED) is 0.351. The number of carbonyl (C=O) groups is 2. The second-order valence-electron chi connectivity index (χ2n) is 7.61. The Hall–Kier alpha value is -3.91. The molecule has 0 saturated carbocycles. The van der Waals surface area contributed by atoms with Crippen LogP contribution in [-0.4, -0.2) is 40.6 Å². The van der Waals surface area contributed by atoms with Crippen molar-refractivity contribution in [3.63, 3.8) is 0 Å². The van der Waals surface area contributed by atoms with Crippen molar-refractivity contribution in [1.82, 2.24) is 14.8 Å². The molecule has 2 amide bonds. The summed E-state index contributed by atoms with van der Waals surface area (Å²) in [4.78, 5) is 26.1. The summed E-state index contributed by atoms with van der Waals surface area (Å²) in [6, 6.07) is 17.0. The average molecular weight is 462 g/mol. The number of ether oxygens (including phenoxy) is 2. The minimum absolute atomic E-state index is 0.0505. The third kappa shape index (κ3) is 4.38. The van der Waals surface area contributed by atoms with Crippen molar-refractivity contribution >= 4 is 35.2 Å². The van der Waals surface area contributed by atoms with E-state index >= 15 is 0 Å². The molecule has 1 N–H and O–H groups in total. The molecule has 0 aliphatic carbocycles. The van der Waals surface area contributed by atoms with Crippen LogP contribution >= 0.6 is 12.2 Å². The molecule has 168 valence electrons. The van der Waals surface area contributed by atoms with Crippen LogP contribution in [0, 0.1) is 13.8 Å². The Morgan fingerprint density at radius 2 is 1.52 bits per heavy atom. The minimum Gasteiger partial charge on any atom is -0.497 e. The predicted molar refractivity (Wildman–Crippen MR) is 130 cm³/mol. The van der Waals surface area contributed by atoms with E-state index in [1.165, 1.54) is 11.9 Å². The van der Waals surface area contributed by atoms with E-state index in [0.29, 0.717) is 11.5 Å². The van der Waals surface area contributed by atoms with Crippen LogP contribution in [0.1, 0.15) is 17.0 Å². The summed E-state index contributed by atoms with van der Waals surface area (Å²) < 4.78 is 13.1. The molecular weight excluding hydrogens is 438 g/mol. The maximum Gasteiger partial charge on any atom is 0.265 e. The number of benzene rings is 2. The predicted octanol–water partition coefficient (Wildman–Crippen LogP) is 4.15. The van der Waals surface area contributed by atoms with Crippen molar-refractivity contribution in [2.24, 2.45) is 0 Å². The number of thiocarbonyl (C=S) groups is 1. The summed E-state index contributed by atoms with van der Waals surface area (Å²) in [6.07, 6.45) is 1.61. The molecule has 1 fully saturated rings. The van der Waals surface area contributed by atoms with E-state index in [1.54, 1.807) is 13.2 Å². The first-order valence-corrected chi connectivity index (χ1v) is 10.7. The van der Waals surface area contributed by atoms with Crippen LogP contribution in [0.25, 0.3) is 11.8 Å². The number of aryl methyl sites for hydroxylation is 1. The molecule has 0 radical (unpaired) electrons. The van der Waals surface area contributed by atoms with Crippen molar-refractivity contribution in [2.45, 2.75) is 13.8 Å². The van der Waals surface area contributed by atoms with Crippen LogP contribution in [-0.2, 0) is 9.59 Å². The Labute approximate surface area is 197 Å². The standard InChI is InChI=1S/C25H23N3O4S/c1-15-13-17(14-22-23(29)26-25(33)27(3)24(22)30)16(2)28(15)18-5-7-20(8-6-18)32-21-11-9-19(31-4)10-12-21/h5-14H,1-4H3,(H,26,29,33)/b22-14+. The monoisotopic (exact) mass is 461 g/mol. The number of aromatic nitrogens is 1. The highest BCUT2D eigenvalue weighted by Crippen LogP contribution is 2.28. The van der Waals surface area contributed by atoms with E-state index in [9.17, 15) is 9.59 Å². The number of nitrogens with one attached hydrogen (secondary N) is 1. The highest BCUT2D eigenvalue weighted by molar-refractivity contribution is 7.80. The van der Waals surface area contributed by atoms with Crippen molar-refractivity contribution in [1.29, 1.82) is 0 Å². The molecule has 1 aliphatic rings. The molecule has 1 aromatic heterocycles. The van der Waals surface area contributed by atoms with Gasteiger partial charge in [-0.1, -0.05) is 0 Å². The summed E-state index contributed by atoms with van der Waals surface area (Å²) in [5, 5.41) is 2.64. The minimum atomic E-state index is -0.493. The Morgan fingerprint density at radius 1 is 0.939 bits per heavy atom. The van der Waals surface area contributed by atoms with Crippen LogP contribution in [0.5, 0.6) is 17.2 Å². The molecule has 2 heterocycles. The van der Waals surface area contributed by atoms with E-state index in [1.807, 2.05) is 68.4 Å². The van der Waals surface area contributed by atoms with Crippen LogP contribution in [0.3, 0.4) is 0 Å². The number of carbonyl (C=O) groups excluding carboxylic acids is 2. The van der Waals surface area contributed by atoms with Gasteiger partial charge in [0.2, 0.25) is 0 Å². The first-order valence-electron chi connectivity index (χ1n) is 10.2. The fraction of sp³-hybridized carbons (Fsp3) is 0.160. The van der Waals surface area contributed by atoms with Crippen molar-refractivity contribution < 1.29 is 19.1 Å². The molecule has 0 atom stereocenters. The van der Waals surface area contributed by atoms with Gasteiger partial charge in [0.05, 0.1) is 7.11 Å². The van der Waals surface area contributed by atoms with Gasteiger partial charge in [0.1, 0.15) is 22.8 Å². The average Bonchev–Trinajstić information content (AvgIpc) is 3.09. The van der Waals surface area contributed by atoms with Crippen LogP contribution in [0.4, 0.5) is 0 Å². The summed E-state index contributed by atoms with van der Waals surface area (Å²) in [6.45, 7) is 3.92. The maximum atomic E-state index is 12.5. The van der Waals surface area contributed by atoms with Crippen LogP contribution in [0.2, 0.25) is 0 Å². The highest BCUT2D eigenvalue weighted by Gasteiger charge is 2.31. The maximum absolute atomic E-state index is 12.5. The molecule has 1 aliphatic heterocycles. The third-order valence-electron chi connectivity index (χ3n) is 5.46. The van der Waals surface area contributed by atoms with E-state index in [0.717, 1.165) is 28.4 Å². The lowest BCUT2D eigenvalue weighted by Crippen LogP contribution is -2.52. The number of hydrogen-bond acceptors (Lipinski definition) is 5. The number of methoxy groups -OCH3 is 1. The molecule has 0 unspecified atom stereocenters. The highest BCUT2D eigenvalue weighted by atomic mass is 32.1. The number of likely N-dealkylation sites (N-methyl/N-ethyl adjacent to an activating group) is 1. The summed E-state index contributed by atoms with van der Waals surface area (Å²) in [5.74, 6) is 1.27. The topological polar surface area (TPSA) is 72.8 Å². The van der Waals surface area contributed by atoms with Gasteiger partial charge in [0.25, 0.3) is 11.8 Å². The van der Waals surface area contributed by atoms with Gasteiger partial charge in [-0.3, -0.25) is 19.8 Å². The van der Waals surface area contributed by atoms with Gasteiger partial charge in [0.15, 0.2) is 5.11 Å². The van der Waals surface area contributed by atoms with E-state index in [2.05, 4.69) is 9.88 Å². The molecule has 33 heavy (non-hydrogen) atoms. The van der Waals surface area contributed by atoms with Gasteiger partial charge >= 0.3 is 0 Å². The van der Waals surface area contributed by atoms with Crippen molar-refractivity contribution in [3.8, 4) is 22.9 Å². The molecule has 0 bridgehead atoms. The zero-order valence-corrected chi connectivity index (χ0v) is 19.5. The van der Waals surface area contributed by atoms with E-state index < -0.39 is 11.8 Å². The molecule has 0 spiro atoms. The zero-order valence-electron chi connectivity index (χ0n) is 18.7. The second kappa shape index (κ2) is 8.91. The fourth-order valence-corrected chi connectivity index (χ4v) is 3.85. The van der Waals surface area contributed by atoms with Gasteiger partial charge in [0, 0.05) is 24.1 Å². The SMILES string of the molecule is COc1ccc(Oc2ccc(-n3c(C)cc(/C=C4\C(=O)NC(=S)N(C)C4=O)c3C)cc2)cc1. The van der Waals surface area contributed by atoms with Gasteiger partial charge < -0.3 is 14.0 Å². The Bertz CT molecular complexity index is 1270. The third-order valence-corrected chi connectivity index (χ3v) is 5.84. The van der Waals surface area contributed by atoms with Crippen molar-refractivity contribution in [2.75, 3.05) is 14.2 Å². The number of rotatable bonds is 5. The van der Waals surface area contributed by atoms with Gasteiger partial charge in [-0.15, -0.1) is 0 Å². The van der Waals surface area contributed by atoms with Gasteiger partial charge in [-0.2, -0.15) is 0 Å². The van der Waals surface area contributed by atoms with Gasteiger partial charge in [-0.05, 0) is 92.3 Å². The number of nitrogens with zero attached hydrogens (tertiary/aromatic N) is 2. The fourth-order valence-electron chi connectivity index (χ4n) is 3.68.